The average molecular weight is 422 g/mol. The van der Waals surface area contributed by atoms with Crippen LogP contribution in [0.15, 0.2) is 59.0 Å². The van der Waals surface area contributed by atoms with E-state index in [-0.39, 0.29) is 18.4 Å². The maximum atomic E-state index is 13.0. The van der Waals surface area contributed by atoms with Crippen LogP contribution in [-0.2, 0) is 14.8 Å². The van der Waals surface area contributed by atoms with Crippen LogP contribution in [0.4, 0.5) is 0 Å². The van der Waals surface area contributed by atoms with E-state index in [1.54, 1.807) is 38.1 Å². The Bertz CT molecular complexity index is 957. The number of hydrogen-bond donors (Lipinski definition) is 1. The Labute approximate surface area is 171 Å². The monoisotopic (exact) mass is 421 g/mol. The Morgan fingerprint density at radius 3 is 2.50 bits per heavy atom. The fourth-order valence-electron chi connectivity index (χ4n) is 3.73. The number of aliphatic hydroxyl groups excluding tert-OH is 1. The molecule has 0 bridgehead atoms. The van der Waals surface area contributed by atoms with Crippen LogP contribution in [0, 0.1) is 0 Å². The Morgan fingerprint density at radius 1 is 1.18 bits per heavy atom. The predicted molar refractivity (Wildman–Crippen MR) is 111 cm³/mol. The lowest BCUT2D eigenvalue weighted by Gasteiger charge is -2.38. The normalized spacial score (nSPS) is 21.4. The first-order chi connectivity index (χ1) is 13.2. The highest BCUT2D eigenvalue weighted by atomic mass is 35.5. The number of aliphatic hydroxyl groups is 1. The average Bonchev–Trinajstić information content (AvgIpc) is 2.60. The fourth-order valence-corrected chi connectivity index (χ4v) is 5.69. The number of ether oxygens (including phenoxy) is 1. The smallest absolute Gasteiger partial charge is 0.267 e. The number of halogens is 1. The molecule has 0 fully saturated rings. The van der Waals surface area contributed by atoms with Crippen molar-refractivity contribution in [2.24, 2.45) is 4.40 Å². The van der Waals surface area contributed by atoms with Crippen LogP contribution in [0.1, 0.15) is 49.0 Å². The largest absolute Gasteiger partial charge is 0.472 e. The summed E-state index contributed by atoms with van der Waals surface area (Å²) in [5, 5.41) is 8.95. The predicted octanol–water partition coefficient (Wildman–Crippen LogP) is 4.47. The molecule has 1 N–H and O–H groups in total. The molecule has 0 spiro atoms. The molecule has 0 amide bonds. The Kier molecular flexibility index (Phi) is 6.12. The highest BCUT2D eigenvalue weighted by molar-refractivity contribution is 7.90. The van der Waals surface area contributed by atoms with E-state index in [0.29, 0.717) is 23.4 Å². The van der Waals surface area contributed by atoms with Crippen LogP contribution in [0.3, 0.4) is 0 Å². The van der Waals surface area contributed by atoms with Crippen molar-refractivity contribution in [1.29, 1.82) is 0 Å². The van der Waals surface area contributed by atoms with Crippen LogP contribution in [0.2, 0.25) is 5.02 Å². The summed E-state index contributed by atoms with van der Waals surface area (Å²) in [6, 6.07) is 16.4. The molecule has 0 saturated carbocycles. The van der Waals surface area contributed by atoms with Gasteiger partial charge >= 0.3 is 0 Å². The molecular weight excluding hydrogens is 398 g/mol. The molecule has 7 heteroatoms. The molecule has 0 saturated heterocycles. The summed E-state index contributed by atoms with van der Waals surface area (Å²) in [4.78, 5) is 0. The topological polar surface area (TPSA) is 76.0 Å². The molecule has 0 aromatic heterocycles. The highest BCUT2D eigenvalue weighted by Gasteiger charge is 2.47. The van der Waals surface area contributed by atoms with Crippen molar-refractivity contribution in [3.63, 3.8) is 0 Å². The molecule has 5 nitrogen and oxygen atoms in total. The van der Waals surface area contributed by atoms with Crippen molar-refractivity contribution in [3.8, 4) is 0 Å². The van der Waals surface area contributed by atoms with Crippen LogP contribution in [-0.4, -0.2) is 31.6 Å². The zero-order valence-electron chi connectivity index (χ0n) is 15.9. The van der Waals surface area contributed by atoms with Gasteiger partial charge in [-0.3, -0.25) is 0 Å². The van der Waals surface area contributed by atoms with Gasteiger partial charge in [0.1, 0.15) is 10.9 Å². The molecule has 0 aliphatic carbocycles. The van der Waals surface area contributed by atoms with Crippen molar-refractivity contribution in [1.82, 2.24) is 0 Å². The maximum Gasteiger partial charge on any atom is 0.267 e. The number of benzene rings is 2. The van der Waals surface area contributed by atoms with Gasteiger partial charge in [-0.25, -0.2) is 8.42 Å². The summed E-state index contributed by atoms with van der Waals surface area (Å²) >= 11 is 6.06. The van der Waals surface area contributed by atoms with Crippen LogP contribution >= 0.6 is 11.6 Å². The molecule has 2 aromatic carbocycles. The van der Waals surface area contributed by atoms with Gasteiger partial charge in [0, 0.05) is 18.1 Å². The minimum absolute atomic E-state index is 0.00583. The minimum atomic E-state index is -3.85. The summed E-state index contributed by atoms with van der Waals surface area (Å²) in [6.07, 6.45) is 0.792. The van der Waals surface area contributed by atoms with Crippen molar-refractivity contribution in [2.75, 3.05) is 6.61 Å². The van der Waals surface area contributed by atoms with E-state index < -0.39 is 20.9 Å². The van der Waals surface area contributed by atoms with Crippen molar-refractivity contribution < 1.29 is 18.3 Å². The Hall–Kier alpha value is -1.89. The number of rotatable bonds is 6. The van der Waals surface area contributed by atoms with Crippen molar-refractivity contribution in [3.05, 3.63) is 70.7 Å². The number of hydrogen-bond acceptors (Lipinski definition) is 4. The molecule has 3 rings (SSSR count). The van der Waals surface area contributed by atoms with Gasteiger partial charge in [-0.1, -0.05) is 54.1 Å². The summed E-state index contributed by atoms with van der Waals surface area (Å²) in [5.41, 5.74) is 0.548. The second kappa shape index (κ2) is 8.23. The second-order valence-corrected chi connectivity index (χ2v) is 9.58. The van der Waals surface area contributed by atoms with Gasteiger partial charge in [-0.2, -0.15) is 0 Å². The molecule has 1 heterocycles. The molecule has 2 aromatic rings. The lowest BCUT2D eigenvalue weighted by Crippen LogP contribution is -2.43. The fraction of sp³-hybridized carbons (Fsp3) is 0.381. The van der Waals surface area contributed by atoms with E-state index in [1.165, 1.54) is 0 Å². The van der Waals surface area contributed by atoms with E-state index in [9.17, 15) is 13.5 Å². The van der Waals surface area contributed by atoms with Gasteiger partial charge in [-0.15, -0.1) is 4.40 Å². The Morgan fingerprint density at radius 2 is 1.89 bits per heavy atom. The summed E-state index contributed by atoms with van der Waals surface area (Å²) in [6.45, 7) is 3.48. The number of nitrogens with zero attached hydrogens (tertiary/aromatic N) is 1. The lowest BCUT2D eigenvalue weighted by atomic mass is 9.92. The molecule has 1 unspecified atom stereocenters. The van der Waals surface area contributed by atoms with Gasteiger partial charge in [-0.05, 0) is 49.4 Å². The van der Waals surface area contributed by atoms with Gasteiger partial charge in [0.2, 0.25) is 5.90 Å². The third-order valence-electron chi connectivity index (χ3n) is 4.86. The van der Waals surface area contributed by atoms with E-state index in [4.69, 9.17) is 16.3 Å². The van der Waals surface area contributed by atoms with Crippen LogP contribution in [0.5, 0.6) is 0 Å². The SMILES string of the molecule is CC1(C)OC(C[C@@H](CCO)c2ccccc2)=NS(=O)(=O)C1c1cccc(Cl)c1. The second-order valence-electron chi connectivity index (χ2n) is 7.46. The van der Waals surface area contributed by atoms with Crippen molar-refractivity contribution >= 4 is 27.5 Å². The zero-order chi connectivity index (χ0) is 20.4. The highest BCUT2D eigenvalue weighted by Crippen LogP contribution is 2.42. The third kappa shape index (κ3) is 4.57. The maximum absolute atomic E-state index is 13.0. The van der Waals surface area contributed by atoms with Crippen molar-refractivity contribution in [2.45, 2.75) is 43.5 Å². The molecule has 28 heavy (non-hydrogen) atoms. The third-order valence-corrected chi connectivity index (χ3v) is 6.99. The van der Waals surface area contributed by atoms with Gasteiger partial charge in [0.15, 0.2) is 0 Å². The van der Waals surface area contributed by atoms with E-state index >= 15 is 0 Å². The van der Waals surface area contributed by atoms with Gasteiger partial charge in [0.25, 0.3) is 10.0 Å². The Balaban J connectivity index is 1.94. The molecule has 0 radical (unpaired) electrons. The first-order valence-corrected chi connectivity index (χ1v) is 11.0. The molecule has 1 aliphatic heterocycles. The van der Waals surface area contributed by atoms with E-state index in [2.05, 4.69) is 4.40 Å². The summed E-state index contributed by atoms with van der Waals surface area (Å²) in [5.74, 6) is 0.0873. The summed E-state index contributed by atoms with van der Waals surface area (Å²) < 4.78 is 36.1. The first-order valence-electron chi connectivity index (χ1n) is 9.16. The van der Waals surface area contributed by atoms with Crippen LogP contribution < -0.4 is 0 Å². The van der Waals surface area contributed by atoms with Crippen LogP contribution in [0.25, 0.3) is 0 Å². The lowest BCUT2D eigenvalue weighted by molar-refractivity contribution is 0.0798. The quantitative estimate of drug-likeness (QED) is 0.746. The molecule has 2 atom stereocenters. The van der Waals surface area contributed by atoms with Gasteiger partial charge < -0.3 is 9.84 Å². The molecular formula is C21H24ClNO4S. The number of sulfonamides is 1. The molecule has 1 aliphatic rings. The van der Waals surface area contributed by atoms with Gasteiger partial charge in [0.05, 0.1) is 0 Å². The summed E-state index contributed by atoms with van der Waals surface area (Å²) in [7, 11) is -3.85. The van der Waals surface area contributed by atoms with E-state index in [1.807, 2.05) is 30.3 Å². The minimum Gasteiger partial charge on any atom is -0.472 e. The van der Waals surface area contributed by atoms with E-state index in [0.717, 1.165) is 5.56 Å². The first kappa shape index (κ1) is 20.8. The molecule has 150 valence electrons. The standard InChI is InChI=1S/C21H24ClNO4S/c1-21(2)20(17-9-6-10-18(22)13-17)28(25,26)23-19(27-21)14-16(11-12-24)15-7-4-3-5-8-15/h3-10,13,16,20,24H,11-12,14H2,1-2H3/t16-,20?/m1/s1. The zero-order valence-corrected chi connectivity index (χ0v) is 17.4.